The van der Waals surface area contributed by atoms with Crippen molar-refractivity contribution in [1.29, 1.82) is 0 Å². The third kappa shape index (κ3) is 4.50. The zero-order valence-electron chi connectivity index (χ0n) is 2.92. The molecule has 0 amide bonds. The zero-order valence-corrected chi connectivity index (χ0v) is 4.81. The van der Waals surface area contributed by atoms with E-state index in [-0.39, 0.29) is 5.94 Å². The van der Waals surface area contributed by atoms with Gasteiger partial charge in [-0.3, -0.25) is 4.57 Å². The van der Waals surface area contributed by atoms with E-state index in [0.29, 0.717) is 0 Å². The van der Waals surface area contributed by atoms with E-state index in [1.54, 1.807) is 0 Å². The molecule has 3 nitrogen and oxygen atoms in total. The Hall–Kier alpha value is 0.500. The zero-order chi connectivity index (χ0) is 4.99. The van der Waals surface area contributed by atoms with Crippen molar-refractivity contribution in [1.82, 2.24) is 0 Å². The van der Waals surface area contributed by atoms with E-state index in [0.717, 1.165) is 0 Å². The minimum atomic E-state index is -2.71. The van der Waals surface area contributed by atoms with Gasteiger partial charge in [-0.2, -0.15) is 12.6 Å². The molecule has 0 saturated heterocycles. The summed E-state index contributed by atoms with van der Waals surface area (Å²) in [6.45, 7) is 0. The van der Waals surface area contributed by atoms with Gasteiger partial charge in [0, 0.05) is 0 Å². The molecule has 0 saturated carbocycles. The van der Waals surface area contributed by atoms with Crippen molar-refractivity contribution in [3.05, 3.63) is 0 Å². The quantitative estimate of drug-likeness (QED) is 0.319. The fourth-order valence-electron chi connectivity index (χ4n) is 0.0552. The predicted molar refractivity (Wildman–Crippen MR) is 26.2 cm³/mol. The SMILES string of the molecule is O=[PH](O)OCS. The second-order valence-corrected chi connectivity index (χ2v) is 1.62. The van der Waals surface area contributed by atoms with E-state index >= 15 is 0 Å². The molecular formula is CH5O3PS. The molecule has 1 N–H and O–H groups in total. The van der Waals surface area contributed by atoms with Crippen LogP contribution in [0.25, 0.3) is 0 Å². The van der Waals surface area contributed by atoms with Crippen LogP contribution in [0.4, 0.5) is 0 Å². The molecule has 0 heterocycles. The van der Waals surface area contributed by atoms with Crippen LogP contribution < -0.4 is 0 Å². The van der Waals surface area contributed by atoms with Crippen molar-refractivity contribution >= 4 is 20.9 Å². The Bertz CT molecular complexity index is 54.8. The highest BCUT2D eigenvalue weighted by atomic mass is 32.1. The van der Waals surface area contributed by atoms with Gasteiger partial charge in [0.25, 0.3) is 0 Å². The van der Waals surface area contributed by atoms with Crippen LogP contribution in [0, 0.1) is 0 Å². The van der Waals surface area contributed by atoms with E-state index < -0.39 is 8.25 Å². The van der Waals surface area contributed by atoms with Gasteiger partial charge in [0.05, 0.1) is 5.94 Å². The van der Waals surface area contributed by atoms with Crippen molar-refractivity contribution in [3.63, 3.8) is 0 Å². The average molecular weight is 128 g/mol. The maximum atomic E-state index is 9.51. The van der Waals surface area contributed by atoms with Gasteiger partial charge < -0.3 is 9.42 Å². The van der Waals surface area contributed by atoms with Crippen LogP contribution in [0.15, 0.2) is 0 Å². The Morgan fingerprint density at radius 2 is 2.50 bits per heavy atom. The second-order valence-electron chi connectivity index (χ2n) is 0.539. The van der Waals surface area contributed by atoms with Crippen molar-refractivity contribution in [2.75, 3.05) is 5.94 Å². The molecule has 0 fully saturated rings. The lowest BCUT2D eigenvalue weighted by Gasteiger charge is -1.86. The van der Waals surface area contributed by atoms with E-state index in [9.17, 15) is 4.57 Å². The Balaban J connectivity index is 2.83. The summed E-state index contributed by atoms with van der Waals surface area (Å²) in [7, 11) is -2.71. The molecule has 1 atom stereocenters. The summed E-state index contributed by atoms with van der Waals surface area (Å²) in [5.41, 5.74) is 0. The molecule has 0 spiro atoms. The lowest BCUT2D eigenvalue weighted by atomic mass is 11.7. The second kappa shape index (κ2) is 3.68. The number of thiol groups is 1. The van der Waals surface area contributed by atoms with Gasteiger partial charge in [-0.05, 0) is 0 Å². The van der Waals surface area contributed by atoms with Crippen LogP contribution in [0.1, 0.15) is 0 Å². The molecule has 0 aromatic carbocycles. The highest BCUT2D eigenvalue weighted by molar-refractivity contribution is 7.80. The van der Waals surface area contributed by atoms with Crippen LogP contribution in [-0.4, -0.2) is 10.8 Å². The summed E-state index contributed by atoms with van der Waals surface area (Å²) in [4.78, 5) is 7.83. The monoisotopic (exact) mass is 128 g/mol. The summed E-state index contributed by atoms with van der Waals surface area (Å²) < 4.78 is 13.5. The van der Waals surface area contributed by atoms with Gasteiger partial charge in [0.1, 0.15) is 0 Å². The van der Waals surface area contributed by atoms with Gasteiger partial charge in [-0.25, -0.2) is 0 Å². The van der Waals surface area contributed by atoms with E-state index in [1.165, 1.54) is 0 Å². The smallest absolute Gasteiger partial charge is 0.317 e. The van der Waals surface area contributed by atoms with Gasteiger partial charge in [0.2, 0.25) is 0 Å². The first-order chi connectivity index (χ1) is 2.77. The fraction of sp³-hybridized carbons (Fsp3) is 1.00. The molecule has 6 heavy (non-hydrogen) atoms. The molecular weight excluding hydrogens is 123 g/mol. The van der Waals surface area contributed by atoms with Gasteiger partial charge >= 0.3 is 8.25 Å². The molecule has 5 heteroatoms. The third-order valence-corrected chi connectivity index (χ3v) is 0.951. The van der Waals surface area contributed by atoms with Crippen molar-refractivity contribution in [2.24, 2.45) is 0 Å². The Labute approximate surface area is 41.7 Å². The van der Waals surface area contributed by atoms with Gasteiger partial charge in [0.15, 0.2) is 0 Å². The highest BCUT2D eigenvalue weighted by Gasteiger charge is 1.81. The van der Waals surface area contributed by atoms with E-state index in [1.807, 2.05) is 0 Å². The van der Waals surface area contributed by atoms with Gasteiger partial charge in [-0.15, -0.1) is 0 Å². The van der Waals surface area contributed by atoms with Crippen molar-refractivity contribution < 1.29 is 14.0 Å². The van der Waals surface area contributed by atoms with E-state index in [2.05, 4.69) is 17.2 Å². The van der Waals surface area contributed by atoms with Crippen LogP contribution in [-0.2, 0) is 9.09 Å². The molecule has 0 rings (SSSR count). The van der Waals surface area contributed by atoms with Crippen molar-refractivity contribution in [3.8, 4) is 0 Å². The molecule has 38 valence electrons. The maximum absolute atomic E-state index is 9.51. The van der Waals surface area contributed by atoms with Crippen LogP contribution in [0.2, 0.25) is 0 Å². The summed E-state index contributed by atoms with van der Waals surface area (Å²) in [5.74, 6) is 0.00823. The molecule has 0 aromatic rings. The minimum absolute atomic E-state index is 0.00823. The lowest BCUT2D eigenvalue weighted by molar-refractivity contribution is 0.332. The number of hydrogen-bond acceptors (Lipinski definition) is 3. The molecule has 0 bridgehead atoms. The molecule has 0 aliphatic heterocycles. The standard InChI is InChI=1S/CH5O3PS/c2-5(3)4-1-6/h5-6H,1H2,(H,2,3). The summed E-state index contributed by atoms with van der Waals surface area (Å²) >= 11 is 3.50. The highest BCUT2D eigenvalue weighted by Crippen LogP contribution is 2.13. The summed E-state index contributed by atoms with van der Waals surface area (Å²) in [6.07, 6.45) is 0. The topological polar surface area (TPSA) is 46.5 Å². The molecule has 0 aliphatic rings. The van der Waals surface area contributed by atoms with Crippen molar-refractivity contribution in [2.45, 2.75) is 0 Å². The lowest BCUT2D eigenvalue weighted by Crippen LogP contribution is -1.68. The Kier molecular flexibility index (Phi) is 3.99. The Morgan fingerprint density at radius 3 is 2.50 bits per heavy atom. The molecule has 0 aromatic heterocycles. The predicted octanol–water partition coefficient (Wildman–Crippen LogP) is 0.272. The molecule has 1 unspecified atom stereocenters. The number of hydrogen-bond donors (Lipinski definition) is 2. The van der Waals surface area contributed by atoms with Crippen LogP contribution >= 0.6 is 20.9 Å². The first-order valence-electron chi connectivity index (χ1n) is 1.24. The first-order valence-corrected chi connectivity index (χ1v) is 3.13. The average Bonchev–Trinajstić information content (AvgIpc) is 1.35. The van der Waals surface area contributed by atoms with Crippen LogP contribution in [0.3, 0.4) is 0 Å². The number of rotatable bonds is 2. The van der Waals surface area contributed by atoms with E-state index in [4.69, 9.17) is 4.89 Å². The fourth-order valence-corrected chi connectivity index (χ4v) is 0.497. The largest absolute Gasteiger partial charge is 0.326 e. The Morgan fingerprint density at radius 1 is 2.00 bits per heavy atom. The van der Waals surface area contributed by atoms with Gasteiger partial charge in [-0.1, -0.05) is 0 Å². The first kappa shape index (κ1) is 6.50. The molecule has 0 radical (unpaired) electrons. The third-order valence-electron chi connectivity index (χ3n) is 0.188. The van der Waals surface area contributed by atoms with Crippen LogP contribution in [0.5, 0.6) is 0 Å². The normalized spacial score (nSPS) is 14.3. The maximum Gasteiger partial charge on any atom is 0.317 e. The summed E-state index contributed by atoms with van der Waals surface area (Å²) in [5, 5.41) is 0. The molecule has 0 aliphatic carbocycles. The minimum Gasteiger partial charge on any atom is -0.326 e. The summed E-state index contributed by atoms with van der Waals surface area (Å²) in [6, 6.07) is 0.